The highest BCUT2D eigenvalue weighted by molar-refractivity contribution is 9.10. The second-order valence-corrected chi connectivity index (χ2v) is 7.20. The van der Waals surface area contributed by atoms with Gasteiger partial charge in [0, 0.05) is 4.47 Å². The average molecular weight is 406 g/mol. The van der Waals surface area contributed by atoms with E-state index in [9.17, 15) is 21.6 Å². The van der Waals surface area contributed by atoms with Crippen molar-refractivity contribution in [2.45, 2.75) is 5.51 Å². The molecule has 0 heterocycles. The van der Waals surface area contributed by atoms with Gasteiger partial charge in [0.2, 0.25) is 0 Å². The van der Waals surface area contributed by atoms with Crippen LogP contribution in [0.3, 0.4) is 0 Å². The number of nitrogens with zero attached hydrogens (tertiary/aromatic N) is 1. The molecule has 0 aromatic heterocycles. The summed E-state index contributed by atoms with van der Waals surface area (Å²) >= 11 is 3.21. The zero-order valence-electron chi connectivity index (χ0n) is 11.6. The summed E-state index contributed by atoms with van der Waals surface area (Å²) in [4.78, 5) is 0. The Bertz CT molecular complexity index is 803. The monoisotopic (exact) mass is 405 g/mol. The van der Waals surface area contributed by atoms with Crippen molar-refractivity contribution in [2.24, 2.45) is 0 Å². The molecule has 0 saturated carbocycles. The first kappa shape index (κ1) is 17.6. The number of hydrogen-bond donors (Lipinski definition) is 0. The minimum atomic E-state index is -5.63. The highest BCUT2D eigenvalue weighted by Crippen LogP contribution is 2.36. The molecule has 0 N–H and O–H groups in total. The third-order valence-corrected chi connectivity index (χ3v) is 4.97. The third kappa shape index (κ3) is 3.59. The van der Waals surface area contributed by atoms with Crippen LogP contribution in [-0.4, -0.2) is 13.9 Å². The minimum Gasteiger partial charge on any atom is -0.231 e. The summed E-state index contributed by atoms with van der Waals surface area (Å²) in [6.45, 7) is 3.54. The van der Waals surface area contributed by atoms with Gasteiger partial charge in [-0.2, -0.15) is 21.6 Å². The smallest absolute Gasteiger partial charge is 0.231 e. The van der Waals surface area contributed by atoms with E-state index in [2.05, 4.69) is 22.5 Å². The van der Waals surface area contributed by atoms with Gasteiger partial charge in [0.25, 0.3) is 0 Å². The molecule has 0 aliphatic carbocycles. The van der Waals surface area contributed by atoms with Crippen molar-refractivity contribution in [3.05, 3.63) is 71.2 Å². The van der Waals surface area contributed by atoms with E-state index in [4.69, 9.17) is 0 Å². The molecule has 0 bridgehead atoms. The number of hydrogen-bond acceptors (Lipinski definition) is 2. The Hall–Kier alpha value is -1.80. The maximum absolute atomic E-state index is 13.0. The van der Waals surface area contributed by atoms with Gasteiger partial charge in [0.1, 0.15) is 0 Å². The topological polar surface area (TPSA) is 37.4 Å². The lowest BCUT2D eigenvalue weighted by Crippen LogP contribution is -2.39. The van der Waals surface area contributed by atoms with Gasteiger partial charge >= 0.3 is 15.5 Å². The quantitative estimate of drug-likeness (QED) is 0.733. The van der Waals surface area contributed by atoms with Crippen molar-refractivity contribution in [1.29, 1.82) is 0 Å². The van der Waals surface area contributed by atoms with Gasteiger partial charge in [0.05, 0.1) is 11.4 Å². The van der Waals surface area contributed by atoms with Crippen LogP contribution in [0.25, 0.3) is 5.70 Å². The fourth-order valence-corrected chi connectivity index (χ4v) is 3.13. The predicted octanol–water partition coefficient (Wildman–Crippen LogP) is 4.78. The second kappa shape index (κ2) is 6.37. The Kier molecular flexibility index (Phi) is 4.86. The number of para-hydroxylation sites is 1. The van der Waals surface area contributed by atoms with Crippen molar-refractivity contribution < 1.29 is 21.6 Å². The standard InChI is InChI=1S/C15H11BrF3NO2S/c1-11(12-7-9-13(16)10-8-12)20(14-5-3-2-4-6-14)23(21,22)15(17,18)19/h2-10H,1H2. The molecular weight excluding hydrogens is 395 g/mol. The summed E-state index contributed by atoms with van der Waals surface area (Å²) < 4.78 is 63.9. The maximum Gasteiger partial charge on any atom is 0.517 e. The Morgan fingerprint density at radius 2 is 1.52 bits per heavy atom. The Morgan fingerprint density at radius 1 is 1.00 bits per heavy atom. The molecule has 2 aromatic carbocycles. The first-order valence-corrected chi connectivity index (χ1v) is 8.49. The van der Waals surface area contributed by atoms with Gasteiger partial charge in [-0.25, -0.2) is 4.31 Å². The summed E-state index contributed by atoms with van der Waals surface area (Å²) in [5, 5.41) is 0. The van der Waals surface area contributed by atoms with Crippen LogP contribution in [0.1, 0.15) is 5.56 Å². The molecule has 0 amide bonds. The fourth-order valence-electron chi connectivity index (χ4n) is 1.87. The van der Waals surface area contributed by atoms with Gasteiger partial charge in [0.15, 0.2) is 0 Å². The van der Waals surface area contributed by atoms with Gasteiger partial charge < -0.3 is 0 Å². The molecule has 3 nitrogen and oxygen atoms in total. The van der Waals surface area contributed by atoms with Crippen molar-refractivity contribution in [1.82, 2.24) is 0 Å². The number of rotatable bonds is 4. The van der Waals surface area contributed by atoms with Crippen molar-refractivity contribution in [3.8, 4) is 0 Å². The first-order valence-electron chi connectivity index (χ1n) is 6.26. The SMILES string of the molecule is C=C(c1ccc(Br)cc1)N(c1ccccc1)S(=O)(=O)C(F)(F)F. The largest absolute Gasteiger partial charge is 0.517 e. The van der Waals surface area contributed by atoms with Crippen molar-refractivity contribution >= 4 is 37.3 Å². The number of halogens is 4. The molecule has 2 aromatic rings. The Morgan fingerprint density at radius 3 is 2.00 bits per heavy atom. The molecule has 8 heteroatoms. The molecule has 0 aliphatic heterocycles. The van der Waals surface area contributed by atoms with Crippen molar-refractivity contribution in [2.75, 3.05) is 4.31 Å². The summed E-state index contributed by atoms with van der Waals surface area (Å²) in [6, 6.07) is 13.1. The maximum atomic E-state index is 13.0. The average Bonchev–Trinajstić information content (AvgIpc) is 2.47. The van der Waals surface area contributed by atoms with E-state index in [1.54, 1.807) is 18.2 Å². The lowest BCUT2D eigenvalue weighted by molar-refractivity contribution is -0.0435. The summed E-state index contributed by atoms with van der Waals surface area (Å²) in [6.07, 6.45) is 0. The summed E-state index contributed by atoms with van der Waals surface area (Å²) in [5.74, 6) is 0. The summed E-state index contributed by atoms with van der Waals surface area (Å²) in [7, 11) is -5.63. The minimum absolute atomic E-state index is 0.141. The zero-order chi connectivity index (χ0) is 17.3. The van der Waals surface area contributed by atoms with Crippen LogP contribution >= 0.6 is 15.9 Å². The second-order valence-electron chi connectivity index (χ2n) is 4.50. The number of anilines is 1. The van der Waals surface area contributed by atoms with Crippen LogP contribution in [0.15, 0.2) is 65.6 Å². The van der Waals surface area contributed by atoms with E-state index >= 15 is 0 Å². The highest BCUT2D eigenvalue weighted by atomic mass is 79.9. The normalized spacial score (nSPS) is 12.0. The predicted molar refractivity (Wildman–Crippen MR) is 87.1 cm³/mol. The van der Waals surface area contributed by atoms with Crippen LogP contribution in [0.4, 0.5) is 18.9 Å². The summed E-state index contributed by atoms with van der Waals surface area (Å²) in [5.41, 5.74) is -5.62. The molecule has 23 heavy (non-hydrogen) atoms. The lowest BCUT2D eigenvalue weighted by atomic mass is 10.1. The lowest BCUT2D eigenvalue weighted by Gasteiger charge is -2.27. The van der Waals surface area contributed by atoms with Crippen LogP contribution in [-0.2, 0) is 10.0 Å². The first-order chi connectivity index (χ1) is 10.6. The van der Waals surface area contributed by atoms with Crippen LogP contribution in [0.5, 0.6) is 0 Å². The fraction of sp³-hybridized carbons (Fsp3) is 0.0667. The van der Waals surface area contributed by atoms with E-state index in [-0.39, 0.29) is 21.3 Å². The van der Waals surface area contributed by atoms with E-state index in [0.717, 1.165) is 0 Å². The Labute approximate surface area is 140 Å². The molecule has 0 fully saturated rings. The van der Waals surface area contributed by atoms with Crippen LogP contribution in [0, 0.1) is 0 Å². The number of alkyl halides is 3. The van der Waals surface area contributed by atoms with E-state index in [1.165, 1.54) is 36.4 Å². The van der Waals surface area contributed by atoms with Crippen molar-refractivity contribution in [3.63, 3.8) is 0 Å². The molecular formula is C15H11BrF3NO2S. The third-order valence-electron chi connectivity index (χ3n) is 2.95. The number of sulfonamides is 1. The van der Waals surface area contributed by atoms with Crippen LogP contribution < -0.4 is 4.31 Å². The molecule has 0 spiro atoms. The van der Waals surface area contributed by atoms with Gasteiger partial charge in [-0.05, 0) is 29.8 Å². The van der Waals surface area contributed by atoms with E-state index in [1.807, 2.05) is 0 Å². The molecule has 0 saturated heterocycles. The van der Waals surface area contributed by atoms with Gasteiger partial charge in [-0.15, -0.1) is 0 Å². The zero-order valence-corrected chi connectivity index (χ0v) is 14.0. The Balaban J connectivity index is 2.59. The van der Waals surface area contributed by atoms with E-state index < -0.39 is 15.5 Å². The highest BCUT2D eigenvalue weighted by Gasteiger charge is 2.51. The van der Waals surface area contributed by atoms with Gasteiger partial charge in [-0.1, -0.05) is 52.8 Å². The number of benzene rings is 2. The molecule has 122 valence electrons. The molecule has 0 radical (unpaired) electrons. The van der Waals surface area contributed by atoms with Gasteiger partial charge in [-0.3, -0.25) is 0 Å². The molecule has 2 rings (SSSR count). The van der Waals surface area contributed by atoms with Crippen LogP contribution in [0.2, 0.25) is 0 Å². The molecule has 0 atom stereocenters. The van der Waals surface area contributed by atoms with E-state index in [0.29, 0.717) is 4.47 Å². The molecule has 0 unspecified atom stereocenters. The molecule has 0 aliphatic rings.